The topological polar surface area (TPSA) is 34.9 Å². The van der Waals surface area contributed by atoms with Crippen molar-refractivity contribution in [3.05, 3.63) is 66.1 Å². The van der Waals surface area contributed by atoms with E-state index in [0.29, 0.717) is 12.2 Å². The van der Waals surface area contributed by atoms with E-state index >= 15 is 0 Å². The van der Waals surface area contributed by atoms with Crippen molar-refractivity contribution in [1.82, 2.24) is 9.55 Å². The van der Waals surface area contributed by atoms with E-state index in [1.807, 2.05) is 53.2 Å². The van der Waals surface area contributed by atoms with Gasteiger partial charge in [-0.15, -0.1) is 0 Å². The molecule has 0 atom stereocenters. The number of hydrogen-bond donors (Lipinski definition) is 0. The Morgan fingerprint density at radius 2 is 2.06 bits per heavy atom. The van der Waals surface area contributed by atoms with Gasteiger partial charge in [-0.05, 0) is 23.8 Å². The highest BCUT2D eigenvalue weighted by Gasteiger charge is 2.07. The van der Waals surface area contributed by atoms with Crippen molar-refractivity contribution in [2.75, 3.05) is 0 Å². The van der Waals surface area contributed by atoms with E-state index in [2.05, 4.69) is 4.98 Å². The molecule has 0 bridgehead atoms. The molecular formula is C15H12N2O. The van der Waals surface area contributed by atoms with Crippen LogP contribution in [0.4, 0.5) is 0 Å². The number of carbonyl (C=O) groups excluding carboxylic acids is 1. The number of para-hydroxylation sites is 1. The SMILES string of the molecule is O=Cc1cc2ccccc2n1Cc1cccnc1. The first-order valence-electron chi connectivity index (χ1n) is 5.81. The zero-order valence-electron chi connectivity index (χ0n) is 9.78. The van der Waals surface area contributed by atoms with Gasteiger partial charge in [-0.3, -0.25) is 9.78 Å². The van der Waals surface area contributed by atoms with Gasteiger partial charge in [-0.1, -0.05) is 24.3 Å². The standard InChI is InChI=1S/C15H12N2O/c18-11-14-8-13-5-1-2-6-15(13)17(14)10-12-4-3-7-16-9-12/h1-9,11H,10H2. The van der Waals surface area contributed by atoms with Crippen LogP contribution in [0.5, 0.6) is 0 Å². The maximum atomic E-state index is 11.2. The van der Waals surface area contributed by atoms with Crippen LogP contribution in [-0.4, -0.2) is 15.8 Å². The normalized spacial score (nSPS) is 10.7. The average molecular weight is 236 g/mol. The summed E-state index contributed by atoms with van der Waals surface area (Å²) in [5.41, 5.74) is 2.85. The Kier molecular flexibility index (Phi) is 2.65. The number of pyridine rings is 1. The van der Waals surface area contributed by atoms with Gasteiger partial charge in [0.1, 0.15) is 0 Å². The molecule has 2 heterocycles. The second kappa shape index (κ2) is 4.45. The summed E-state index contributed by atoms with van der Waals surface area (Å²) in [4.78, 5) is 15.2. The summed E-state index contributed by atoms with van der Waals surface area (Å²) in [6, 6.07) is 13.8. The van der Waals surface area contributed by atoms with Crippen LogP contribution >= 0.6 is 0 Å². The molecule has 0 aliphatic carbocycles. The van der Waals surface area contributed by atoms with E-state index in [1.54, 1.807) is 6.20 Å². The zero-order chi connectivity index (χ0) is 12.4. The molecule has 18 heavy (non-hydrogen) atoms. The molecule has 0 N–H and O–H groups in total. The fourth-order valence-corrected chi connectivity index (χ4v) is 2.18. The lowest BCUT2D eigenvalue weighted by molar-refractivity contribution is 0.111. The third-order valence-corrected chi connectivity index (χ3v) is 3.03. The Morgan fingerprint density at radius 1 is 1.17 bits per heavy atom. The van der Waals surface area contributed by atoms with Crippen LogP contribution in [0.15, 0.2) is 54.9 Å². The molecule has 1 aromatic carbocycles. The quantitative estimate of drug-likeness (QED) is 0.655. The maximum absolute atomic E-state index is 11.2. The van der Waals surface area contributed by atoms with Crippen molar-refractivity contribution in [3.8, 4) is 0 Å². The van der Waals surface area contributed by atoms with E-state index in [1.165, 1.54) is 0 Å². The summed E-state index contributed by atoms with van der Waals surface area (Å²) in [5, 5.41) is 1.09. The summed E-state index contributed by atoms with van der Waals surface area (Å²) >= 11 is 0. The molecule has 0 aliphatic rings. The van der Waals surface area contributed by atoms with Crippen LogP contribution in [-0.2, 0) is 6.54 Å². The van der Waals surface area contributed by atoms with Crippen LogP contribution in [0.25, 0.3) is 10.9 Å². The molecular weight excluding hydrogens is 224 g/mol. The highest BCUT2D eigenvalue weighted by Crippen LogP contribution is 2.19. The Morgan fingerprint density at radius 3 is 2.83 bits per heavy atom. The number of carbonyl (C=O) groups is 1. The molecule has 2 aromatic heterocycles. The predicted octanol–water partition coefficient (Wildman–Crippen LogP) is 2.90. The number of fused-ring (bicyclic) bond motifs is 1. The predicted molar refractivity (Wildman–Crippen MR) is 70.7 cm³/mol. The Bertz CT molecular complexity index is 686. The molecule has 0 saturated heterocycles. The molecule has 0 amide bonds. The fraction of sp³-hybridized carbons (Fsp3) is 0.0667. The lowest BCUT2D eigenvalue weighted by atomic mass is 10.2. The molecule has 3 rings (SSSR count). The monoisotopic (exact) mass is 236 g/mol. The third kappa shape index (κ3) is 1.80. The molecule has 0 unspecified atom stereocenters. The summed E-state index contributed by atoms with van der Waals surface area (Å²) in [7, 11) is 0. The molecule has 0 fully saturated rings. The molecule has 3 nitrogen and oxygen atoms in total. The molecule has 0 spiro atoms. The van der Waals surface area contributed by atoms with E-state index in [0.717, 1.165) is 22.8 Å². The minimum absolute atomic E-state index is 0.662. The van der Waals surface area contributed by atoms with Gasteiger partial charge in [0.15, 0.2) is 6.29 Å². The second-order valence-electron chi connectivity index (χ2n) is 4.19. The van der Waals surface area contributed by atoms with Gasteiger partial charge in [0.05, 0.1) is 5.69 Å². The Balaban J connectivity index is 2.12. The first-order chi connectivity index (χ1) is 8.88. The lowest BCUT2D eigenvalue weighted by Crippen LogP contribution is -2.03. The van der Waals surface area contributed by atoms with E-state index < -0.39 is 0 Å². The van der Waals surface area contributed by atoms with Gasteiger partial charge in [0, 0.05) is 29.8 Å². The number of nitrogens with zero attached hydrogens (tertiary/aromatic N) is 2. The summed E-state index contributed by atoms with van der Waals surface area (Å²) < 4.78 is 2.01. The molecule has 0 aliphatic heterocycles. The van der Waals surface area contributed by atoms with Gasteiger partial charge in [-0.2, -0.15) is 0 Å². The smallest absolute Gasteiger partial charge is 0.166 e. The van der Waals surface area contributed by atoms with Gasteiger partial charge >= 0.3 is 0 Å². The first-order valence-corrected chi connectivity index (χ1v) is 5.81. The van der Waals surface area contributed by atoms with Crippen LogP contribution in [0.2, 0.25) is 0 Å². The number of hydrogen-bond acceptors (Lipinski definition) is 2. The Labute approximate surface area is 105 Å². The van der Waals surface area contributed by atoms with Gasteiger partial charge in [0.25, 0.3) is 0 Å². The molecule has 3 heteroatoms. The average Bonchev–Trinajstić information content (AvgIpc) is 2.78. The van der Waals surface area contributed by atoms with E-state index in [-0.39, 0.29) is 0 Å². The maximum Gasteiger partial charge on any atom is 0.166 e. The molecule has 0 saturated carbocycles. The number of benzene rings is 1. The number of aromatic nitrogens is 2. The summed E-state index contributed by atoms with van der Waals surface area (Å²) in [5.74, 6) is 0. The van der Waals surface area contributed by atoms with Crippen LogP contribution in [0, 0.1) is 0 Å². The van der Waals surface area contributed by atoms with Crippen LogP contribution < -0.4 is 0 Å². The van der Waals surface area contributed by atoms with E-state index in [9.17, 15) is 4.79 Å². The minimum atomic E-state index is 0.662. The lowest BCUT2D eigenvalue weighted by Gasteiger charge is -2.07. The zero-order valence-corrected chi connectivity index (χ0v) is 9.78. The van der Waals surface area contributed by atoms with Gasteiger partial charge in [-0.25, -0.2) is 0 Å². The van der Waals surface area contributed by atoms with Crippen molar-refractivity contribution >= 4 is 17.2 Å². The highest BCUT2D eigenvalue weighted by molar-refractivity contribution is 5.88. The molecule has 3 aromatic rings. The largest absolute Gasteiger partial charge is 0.334 e. The van der Waals surface area contributed by atoms with Crippen molar-refractivity contribution < 1.29 is 4.79 Å². The third-order valence-electron chi connectivity index (χ3n) is 3.03. The summed E-state index contributed by atoms with van der Waals surface area (Å²) in [6.07, 6.45) is 4.47. The highest BCUT2D eigenvalue weighted by atomic mass is 16.1. The Hall–Kier alpha value is -2.42. The summed E-state index contributed by atoms with van der Waals surface area (Å²) in [6.45, 7) is 0.662. The van der Waals surface area contributed by atoms with Crippen molar-refractivity contribution in [3.63, 3.8) is 0 Å². The van der Waals surface area contributed by atoms with Crippen molar-refractivity contribution in [2.45, 2.75) is 6.54 Å². The van der Waals surface area contributed by atoms with Crippen LogP contribution in [0.1, 0.15) is 16.1 Å². The van der Waals surface area contributed by atoms with Gasteiger partial charge in [0.2, 0.25) is 0 Å². The van der Waals surface area contributed by atoms with Crippen molar-refractivity contribution in [1.29, 1.82) is 0 Å². The number of aldehydes is 1. The van der Waals surface area contributed by atoms with Crippen LogP contribution in [0.3, 0.4) is 0 Å². The minimum Gasteiger partial charge on any atom is -0.334 e. The second-order valence-corrected chi connectivity index (χ2v) is 4.19. The molecule has 0 radical (unpaired) electrons. The fourth-order valence-electron chi connectivity index (χ4n) is 2.18. The number of rotatable bonds is 3. The van der Waals surface area contributed by atoms with Gasteiger partial charge < -0.3 is 4.57 Å². The first kappa shape index (κ1) is 10.7. The van der Waals surface area contributed by atoms with E-state index in [4.69, 9.17) is 0 Å². The van der Waals surface area contributed by atoms with Crippen molar-refractivity contribution in [2.24, 2.45) is 0 Å². The molecule has 88 valence electrons.